The summed E-state index contributed by atoms with van der Waals surface area (Å²) in [7, 11) is 0. The minimum atomic E-state index is 0.127. The maximum Gasteiger partial charge on any atom is 0.224 e. The molecule has 2 N–H and O–H groups in total. The van der Waals surface area contributed by atoms with Gasteiger partial charge in [0.25, 0.3) is 0 Å². The molecule has 1 amide bonds. The van der Waals surface area contributed by atoms with E-state index in [-0.39, 0.29) is 5.91 Å². The second-order valence-electron chi connectivity index (χ2n) is 6.24. The van der Waals surface area contributed by atoms with Gasteiger partial charge in [-0.3, -0.25) is 9.89 Å². The molecule has 3 saturated heterocycles. The Balaban J connectivity index is 1.45. The van der Waals surface area contributed by atoms with Gasteiger partial charge in [-0.15, -0.1) is 0 Å². The molecule has 110 valence electrons. The Hall–Kier alpha value is -1.88. The summed E-state index contributed by atoms with van der Waals surface area (Å²) in [6.07, 6.45) is 4.68. The van der Waals surface area contributed by atoms with Crippen LogP contribution in [0.4, 0.5) is 0 Å². The van der Waals surface area contributed by atoms with Gasteiger partial charge in [-0.25, -0.2) is 0 Å². The number of amides is 1. The van der Waals surface area contributed by atoms with Gasteiger partial charge in [-0.2, -0.15) is 5.10 Å². The Morgan fingerprint density at radius 2 is 2.24 bits per heavy atom. The lowest BCUT2D eigenvalue weighted by atomic mass is 9.84. The predicted molar refractivity (Wildman–Crippen MR) is 80.9 cm³/mol. The zero-order valence-electron chi connectivity index (χ0n) is 12.0. The normalized spacial score (nSPS) is 27.9. The fraction of sp³-hybridized carbons (Fsp3) is 0.500. The first kappa shape index (κ1) is 12.8. The van der Waals surface area contributed by atoms with E-state index in [1.54, 1.807) is 6.20 Å². The van der Waals surface area contributed by atoms with Crippen LogP contribution in [0.25, 0.3) is 10.9 Å². The third-order valence-corrected chi connectivity index (χ3v) is 4.93. The third-order valence-electron chi connectivity index (χ3n) is 4.93. The number of hydrogen-bond donors (Lipinski definition) is 2. The fourth-order valence-corrected chi connectivity index (χ4v) is 3.74. The van der Waals surface area contributed by atoms with Crippen LogP contribution in [0.2, 0.25) is 0 Å². The van der Waals surface area contributed by atoms with E-state index in [9.17, 15) is 4.79 Å². The Labute approximate surface area is 123 Å². The van der Waals surface area contributed by atoms with E-state index < -0.39 is 0 Å². The summed E-state index contributed by atoms with van der Waals surface area (Å²) in [5.41, 5.74) is 2.03. The molecule has 0 spiro atoms. The summed E-state index contributed by atoms with van der Waals surface area (Å²) in [5.74, 6) is 0.797. The van der Waals surface area contributed by atoms with Crippen LogP contribution < -0.4 is 5.32 Å². The van der Waals surface area contributed by atoms with E-state index in [0.29, 0.717) is 18.4 Å². The van der Waals surface area contributed by atoms with Gasteiger partial charge in [0.1, 0.15) is 0 Å². The summed E-state index contributed by atoms with van der Waals surface area (Å²) >= 11 is 0. The number of carbonyl (C=O) groups is 1. The third kappa shape index (κ3) is 2.42. The predicted octanol–water partition coefficient (Wildman–Crippen LogP) is 1.32. The SMILES string of the molecule is O=C(Cc1cccc2[nH]ncc12)NC1CN2CCC1CC2. The molecule has 1 atom stereocenters. The number of hydrogen-bond acceptors (Lipinski definition) is 3. The number of carbonyl (C=O) groups excluding carboxylic acids is 1. The quantitative estimate of drug-likeness (QED) is 0.893. The first-order valence-corrected chi connectivity index (χ1v) is 7.72. The van der Waals surface area contributed by atoms with Gasteiger partial charge in [-0.05, 0) is 43.5 Å². The molecule has 1 unspecified atom stereocenters. The molecule has 3 aliphatic heterocycles. The molecule has 3 fully saturated rings. The number of fused-ring (bicyclic) bond motifs is 4. The lowest BCUT2D eigenvalue weighted by Gasteiger charge is -2.44. The molecular formula is C16H20N4O. The van der Waals surface area contributed by atoms with Crippen LogP contribution in [-0.2, 0) is 11.2 Å². The van der Waals surface area contributed by atoms with Gasteiger partial charge in [0.15, 0.2) is 0 Å². The topological polar surface area (TPSA) is 61.0 Å². The number of aromatic amines is 1. The Bertz CT molecular complexity index is 657. The molecule has 21 heavy (non-hydrogen) atoms. The van der Waals surface area contributed by atoms with E-state index in [1.165, 1.54) is 25.9 Å². The van der Waals surface area contributed by atoms with Crippen molar-refractivity contribution in [2.75, 3.05) is 19.6 Å². The lowest BCUT2D eigenvalue weighted by molar-refractivity contribution is -0.122. The highest BCUT2D eigenvalue weighted by atomic mass is 16.1. The number of aromatic nitrogens is 2. The molecule has 5 heteroatoms. The summed E-state index contributed by atoms with van der Waals surface area (Å²) in [6.45, 7) is 3.42. The molecular weight excluding hydrogens is 264 g/mol. The molecule has 2 aromatic rings. The minimum Gasteiger partial charge on any atom is -0.352 e. The van der Waals surface area contributed by atoms with Crippen molar-refractivity contribution in [1.82, 2.24) is 20.4 Å². The van der Waals surface area contributed by atoms with Crippen LogP contribution in [0.3, 0.4) is 0 Å². The van der Waals surface area contributed by atoms with Crippen LogP contribution in [0.15, 0.2) is 24.4 Å². The van der Waals surface area contributed by atoms with E-state index in [0.717, 1.165) is 23.0 Å². The van der Waals surface area contributed by atoms with Gasteiger partial charge in [-0.1, -0.05) is 12.1 Å². The standard InChI is InChI=1S/C16H20N4O/c21-16(18-15-10-20-6-4-11(15)5-7-20)8-12-2-1-3-14-13(12)9-17-19-14/h1-3,9,11,15H,4-8,10H2,(H,17,19)(H,18,21). The summed E-state index contributed by atoms with van der Waals surface area (Å²) < 4.78 is 0. The molecule has 0 aliphatic carbocycles. The van der Waals surface area contributed by atoms with Crippen molar-refractivity contribution in [2.24, 2.45) is 5.92 Å². The number of benzene rings is 1. The smallest absolute Gasteiger partial charge is 0.224 e. The second kappa shape index (κ2) is 5.15. The first-order valence-electron chi connectivity index (χ1n) is 7.72. The van der Waals surface area contributed by atoms with Crippen molar-refractivity contribution < 1.29 is 4.79 Å². The van der Waals surface area contributed by atoms with Crippen molar-refractivity contribution in [2.45, 2.75) is 25.3 Å². The highest BCUT2D eigenvalue weighted by Crippen LogP contribution is 2.27. The zero-order chi connectivity index (χ0) is 14.2. The van der Waals surface area contributed by atoms with Gasteiger partial charge < -0.3 is 10.2 Å². The summed E-state index contributed by atoms with van der Waals surface area (Å²) in [5, 5.41) is 11.3. The van der Waals surface area contributed by atoms with E-state index in [2.05, 4.69) is 20.4 Å². The van der Waals surface area contributed by atoms with E-state index in [4.69, 9.17) is 0 Å². The van der Waals surface area contributed by atoms with Gasteiger partial charge >= 0.3 is 0 Å². The average Bonchev–Trinajstić information content (AvgIpc) is 2.98. The molecule has 1 aromatic heterocycles. The van der Waals surface area contributed by atoms with Crippen molar-refractivity contribution in [3.8, 4) is 0 Å². The number of H-pyrrole nitrogens is 1. The first-order chi connectivity index (χ1) is 10.3. The highest BCUT2D eigenvalue weighted by molar-refractivity contribution is 5.88. The van der Waals surface area contributed by atoms with Crippen LogP contribution in [-0.4, -0.2) is 46.7 Å². The van der Waals surface area contributed by atoms with Crippen LogP contribution in [0, 0.1) is 5.92 Å². The number of nitrogens with zero attached hydrogens (tertiary/aromatic N) is 2. The molecule has 4 heterocycles. The van der Waals surface area contributed by atoms with Crippen molar-refractivity contribution in [3.63, 3.8) is 0 Å². The molecule has 3 aliphatic rings. The second-order valence-corrected chi connectivity index (χ2v) is 6.24. The Kier molecular flexibility index (Phi) is 3.15. The largest absolute Gasteiger partial charge is 0.352 e. The van der Waals surface area contributed by atoms with E-state index >= 15 is 0 Å². The maximum atomic E-state index is 12.4. The highest BCUT2D eigenvalue weighted by Gasteiger charge is 2.34. The minimum absolute atomic E-state index is 0.127. The molecule has 1 aromatic carbocycles. The van der Waals surface area contributed by atoms with Crippen LogP contribution in [0.5, 0.6) is 0 Å². The van der Waals surface area contributed by atoms with E-state index in [1.807, 2.05) is 18.2 Å². The average molecular weight is 284 g/mol. The number of piperidine rings is 3. The van der Waals surface area contributed by atoms with Crippen LogP contribution in [0.1, 0.15) is 18.4 Å². The summed E-state index contributed by atoms with van der Waals surface area (Å²) in [6, 6.07) is 6.30. The van der Waals surface area contributed by atoms with Gasteiger partial charge in [0, 0.05) is 18.0 Å². The van der Waals surface area contributed by atoms with Gasteiger partial charge in [0.05, 0.1) is 18.1 Å². The molecule has 0 radical (unpaired) electrons. The van der Waals surface area contributed by atoms with Gasteiger partial charge in [0.2, 0.25) is 5.91 Å². The molecule has 5 rings (SSSR count). The molecule has 5 nitrogen and oxygen atoms in total. The number of nitrogens with one attached hydrogen (secondary N) is 2. The fourth-order valence-electron chi connectivity index (χ4n) is 3.74. The van der Waals surface area contributed by atoms with Crippen molar-refractivity contribution in [1.29, 1.82) is 0 Å². The maximum absolute atomic E-state index is 12.4. The molecule has 2 bridgehead atoms. The Morgan fingerprint density at radius 3 is 3.00 bits per heavy atom. The monoisotopic (exact) mass is 284 g/mol. The Morgan fingerprint density at radius 1 is 1.38 bits per heavy atom. The zero-order valence-corrected chi connectivity index (χ0v) is 12.0. The molecule has 0 saturated carbocycles. The number of rotatable bonds is 3. The summed E-state index contributed by atoms with van der Waals surface area (Å²) in [4.78, 5) is 14.8. The van der Waals surface area contributed by atoms with Crippen molar-refractivity contribution in [3.05, 3.63) is 30.0 Å². The lowest BCUT2D eigenvalue weighted by Crippen LogP contribution is -2.57. The van der Waals surface area contributed by atoms with Crippen molar-refractivity contribution >= 4 is 16.8 Å². The van der Waals surface area contributed by atoms with Crippen LogP contribution >= 0.6 is 0 Å².